The summed E-state index contributed by atoms with van der Waals surface area (Å²) in [5.41, 5.74) is -1.71. The van der Waals surface area contributed by atoms with E-state index in [9.17, 15) is 24.9 Å². The lowest BCUT2D eigenvalue weighted by Gasteiger charge is -2.50. The number of ether oxygens (including phenoxy) is 1. The highest BCUT2D eigenvalue weighted by Gasteiger charge is 2.64. The molecule has 2 rings (SSSR count). The maximum atomic E-state index is 11.0. The Bertz CT molecular complexity index is 317. The summed E-state index contributed by atoms with van der Waals surface area (Å²) in [5, 5.41) is 28.8. The van der Waals surface area contributed by atoms with E-state index in [0.717, 1.165) is 0 Å². The van der Waals surface area contributed by atoms with Crippen LogP contribution in [0.4, 0.5) is 0 Å². The fourth-order valence-corrected chi connectivity index (χ4v) is 2.19. The van der Waals surface area contributed by atoms with Gasteiger partial charge in [0.15, 0.2) is 12.2 Å². The van der Waals surface area contributed by atoms with Gasteiger partial charge in [0, 0.05) is 0 Å². The Balaban J connectivity index is 2.25. The van der Waals surface area contributed by atoms with Crippen molar-refractivity contribution in [3.8, 4) is 0 Å². The molecule has 2 aliphatic rings. The fraction of sp³-hybridized carbons (Fsp3) is 0.778. The van der Waals surface area contributed by atoms with Crippen molar-refractivity contribution in [3.63, 3.8) is 0 Å². The van der Waals surface area contributed by atoms with Gasteiger partial charge in [0.25, 0.3) is 5.78 Å². The molecule has 2 fully saturated rings. The number of cyclic esters (lactones) is 1. The normalized spacial score (nSPS) is 50.1. The van der Waals surface area contributed by atoms with Crippen molar-refractivity contribution in [2.45, 2.75) is 37.3 Å². The number of carbonyl (C=O) groups excluding carboxylic acids is 2. The van der Waals surface area contributed by atoms with Crippen LogP contribution in [0.15, 0.2) is 0 Å². The van der Waals surface area contributed by atoms with Crippen molar-refractivity contribution in [1.29, 1.82) is 0 Å². The van der Waals surface area contributed by atoms with E-state index < -0.39 is 35.7 Å². The van der Waals surface area contributed by atoms with Crippen molar-refractivity contribution in [2.75, 3.05) is 0 Å². The third kappa shape index (κ3) is 1.15. The predicted molar refractivity (Wildman–Crippen MR) is 45.6 cm³/mol. The topological polar surface area (TPSA) is 104 Å². The first-order valence-electron chi connectivity index (χ1n) is 4.72. The third-order valence-electron chi connectivity index (χ3n) is 3.35. The quantitative estimate of drug-likeness (QED) is 0.345. The molecule has 1 aliphatic carbocycles. The van der Waals surface area contributed by atoms with Gasteiger partial charge in [-0.2, -0.15) is 0 Å². The Morgan fingerprint density at radius 3 is 2.33 bits per heavy atom. The van der Waals surface area contributed by atoms with Crippen molar-refractivity contribution < 1.29 is 29.6 Å². The van der Waals surface area contributed by atoms with E-state index in [1.165, 1.54) is 0 Å². The molecule has 0 aromatic rings. The molecule has 15 heavy (non-hydrogen) atoms. The van der Waals surface area contributed by atoms with E-state index in [1.807, 2.05) is 0 Å². The molecule has 0 spiro atoms. The van der Waals surface area contributed by atoms with Gasteiger partial charge in [-0.15, -0.1) is 0 Å². The molecule has 5 atom stereocenters. The summed E-state index contributed by atoms with van der Waals surface area (Å²) in [4.78, 5) is 21.9. The monoisotopic (exact) mass is 216 g/mol. The third-order valence-corrected chi connectivity index (χ3v) is 3.35. The molecule has 0 bridgehead atoms. The number of rotatable bonds is 1. The van der Waals surface area contributed by atoms with Crippen LogP contribution in [0.1, 0.15) is 13.3 Å². The van der Waals surface area contributed by atoms with E-state index in [2.05, 4.69) is 4.74 Å². The van der Waals surface area contributed by atoms with Crippen LogP contribution in [0, 0.1) is 5.92 Å². The van der Waals surface area contributed by atoms with Crippen LogP contribution >= 0.6 is 0 Å². The van der Waals surface area contributed by atoms with Gasteiger partial charge in [0.2, 0.25) is 0 Å². The van der Waals surface area contributed by atoms with Crippen LogP contribution in [-0.2, 0) is 14.3 Å². The van der Waals surface area contributed by atoms with Crippen molar-refractivity contribution >= 4 is 11.8 Å². The number of aliphatic hydroxyl groups is 3. The average Bonchev–Trinajstić information content (AvgIpc) is 2.45. The molecular formula is C9H12O6. The largest absolute Gasteiger partial charge is 0.450 e. The van der Waals surface area contributed by atoms with Crippen LogP contribution in [0.2, 0.25) is 0 Å². The zero-order valence-electron chi connectivity index (χ0n) is 8.08. The molecule has 1 heterocycles. The van der Waals surface area contributed by atoms with Crippen LogP contribution in [-0.4, -0.2) is 51.0 Å². The summed E-state index contributed by atoms with van der Waals surface area (Å²) in [6, 6.07) is 0. The Morgan fingerprint density at radius 2 is 2.00 bits per heavy atom. The van der Waals surface area contributed by atoms with Gasteiger partial charge in [0.05, 0.1) is 6.10 Å². The summed E-state index contributed by atoms with van der Waals surface area (Å²) in [5.74, 6) is -2.56. The lowest BCUT2D eigenvalue weighted by molar-refractivity contribution is -0.248. The molecule has 3 unspecified atom stereocenters. The summed E-state index contributed by atoms with van der Waals surface area (Å²) < 4.78 is 4.59. The highest BCUT2D eigenvalue weighted by atomic mass is 16.6. The summed E-state index contributed by atoms with van der Waals surface area (Å²) >= 11 is 0. The summed E-state index contributed by atoms with van der Waals surface area (Å²) in [6.45, 7) is 1.65. The minimum atomic E-state index is -1.71. The van der Waals surface area contributed by atoms with Crippen LogP contribution in [0.3, 0.4) is 0 Å². The molecule has 6 nitrogen and oxygen atoms in total. The Kier molecular flexibility index (Phi) is 2.11. The number of hydrogen-bond donors (Lipinski definition) is 3. The fourth-order valence-electron chi connectivity index (χ4n) is 2.19. The molecule has 0 aromatic heterocycles. The standard InChI is InChI=1S/C9H12O6/c1-3-2-4(10)9(3,14)7-5(11)6(12)8(13)15-7/h3-5,7,10-11,14H,2H2,1H3/t3?,4?,5?,7-,9-/m0/s1. The van der Waals surface area contributed by atoms with Gasteiger partial charge in [-0.25, -0.2) is 4.79 Å². The van der Waals surface area contributed by atoms with E-state index in [4.69, 9.17) is 0 Å². The zero-order chi connectivity index (χ0) is 11.4. The van der Waals surface area contributed by atoms with Gasteiger partial charge in [-0.3, -0.25) is 4.79 Å². The number of esters is 1. The van der Waals surface area contributed by atoms with Gasteiger partial charge in [-0.1, -0.05) is 6.92 Å². The second-order valence-electron chi connectivity index (χ2n) is 4.17. The van der Waals surface area contributed by atoms with Gasteiger partial charge < -0.3 is 20.1 Å². The minimum Gasteiger partial charge on any atom is -0.450 e. The van der Waals surface area contributed by atoms with Crippen LogP contribution in [0.25, 0.3) is 0 Å². The van der Waals surface area contributed by atoms with Gasteiger partial charge in [-0.05, 0) is 12.3 Å². The van der Waals surface area contributed by atoms with E-state index in [1.54, 1.807) is 6.92 Å². The maximum absolute atomic E-state index is 11.0. The first kappa shape index (κ1) is 10.5. The first-order valence-corrected chi connectivity index (χ1v) is 4.72. The Morgan fingerprint density at radius 1 is 1.40 bits per heavy atom. The van der Waals surface area contributed by atoms with Gasteiger partial charge in [0.1, 0.15) is 5.60 Å². The second kappa shape index (κ2) is 3.01. The second-order valence-corrected chi connectivity index (χ2v) is 4.17. The lowest BCUT2D eigenvalue weighted by atomic mass is 9.64. The molecule has 6 heteroatoms. The molecule has 3 N–H and O–H groups in total. The molecule has 84 valence electrons. The smallest absolute Gasteiger partial charge is 0.378 e. The lowest BCUT2D eigenvalue weighted by Crippen LogP contribution is -2.67. The Labute approximate surface area is 85.5 Å². The number of ketones is 1. The van der Waals surface area contributed by atoms with Crippen LogP contribution in [0.5, 0.6) is 0 Å². The molecule has 1 saturated heterocycles. The minimum absolute atomic E-state index is 0.328. The van der Waals surface area contributed by atoms with E-state index >= 15 is 0 Å². The molecule has 0 aromatic carbocycles. The number of carbonyl (C=O) groups is 2. The number of hydrogen-bond acceptors (Lipinski definition) is 6. The van der Waals surface area contributed by atoms with Gasteiger partial charge >= 0.3 is 5.97 Å². The zero-order valence-corrected chi connectivity index (χ0v) is 8.08. The molecule has 0 amide bonds. The molecular weight excluding hydrogens is 204 g/mol. The maximum Gasteiger partial charge on any atom is 0.378 e. The molecule has 0 radical (unpaired) electrons. The van der Waals surface area contributed by atoms with Crippen LogP contribution < -0.4 is 0 Å². The van der Waals surface area contributed by atoms with Crippen molar-refractivity contribution in [1.82, 2.24) is 0 Å². The number of Topliss-reactive ketones (excluding diaryl/α,β-unsaturated/α-hetero) is 1. The highest BCUT2D eigenvalue weighted by Crippen LogP contribution is 2.44. The summed E-state index contributed by atoms with van der Waals surface area (Å²) in [6.07, 6.45) is -3.76. The molecule has 1 aliphatic heterocycles. The molecule has 1 saturated carbocycles. The predicted octanol–water partition coefficient (Wildman–Crippen LogP) is -2.03. The van der Waals surface area contributed by atoms with E-state index in [-0.39, 0.29) is 5.92 Å². The highest BCUT2D eigenvalue weighted by molar-refractivity contribution is 6.37. The average molecular weight is 216 g/mol. The summed E-state index contributed by atoms with van der Waals surface area (Å²) in [7, 11) is 0. The van der Waals surface area contributed by atoms with Crippen molar-refractivity contribution in [3.05, 3.63) is 0 Å². The van der Waals surface area contributed by atoms with Crippen molar-refractivity contribution in [2.24, 2.45) is 5.92 Å². The first-order chi connectivity index (χ1) is 6.89. The number of aliphatic hydroxyl groups excluding tert-OH is 2. The van der Waals surface area contributed by atoms with E-state index in [0.29, 0.717) is 6.42 Å². The SMILES string of the molecule is CC1CC(O)[C@]1(O)[C@H]1OC(=O)C(=O)C1O. The Hall–Kier alpha value is -0.980.